The van der Waals surface area contributed by atoms with E-state index in [1.54, 1.807) is 30.3 Å². The van der Waals surface area contributed by atoms with Crippen LogP contribution in [0.3, 0.4) is 0 Å². The molecule has 2 aromatic carbocycles. The third-order valence-corrected chi connectivity index (χ3v) is 4.99. The number of halogens is 1. The number of nitrogen functional groups attached to an aromatic ring is 1. The average molecular weight is 340 g/mol. The zero-order valence-electron chi connectivity index (χ0n) is 10.2. The Morgan fingerprint density at radius 3 is 2.26 bits per heavy atom. The van der Waals surface area contributed by atoms with E-state index < -0.39 is 9.84 Å². The predicted molar refractivity (Wildman–Crippen MR) is 81.3 cm³/mol. The smallest absolute Gasteiger partial charge is 0.158 e. The molecule has 0 atom stereocenters. The molecule has 0 aliphatic rings. The van der Waals surface area contributed by atoms with E-state index in [0.717, 1.165) is 10.0 Å². The third kappa shape index (κ3) is 3.81. The zero-order chi connectivity index (χ0) is 13.9. The van der Waals surface area contributed by atoms with Gasteiger partial charge in [0.05, 0.1) is 11.5 Å². The maximum absolute atomic E-state index is 12.2. The average Bonchev–Trinajstić information content (AvgIpc) is 2.35. The van der Waals surface area contributed by atoms with Gasteiger partial charge in [-0.2, -0.15) is 0 Å². The lowest BCUT2D eigenvalue weighted by atomic mass is 10.2. The van der Waals surface area contributed by atoms with Crippen LogP contribution in [0, 0.1) is 0 Å². The first-order valence-corrected chi connectivity index (χ1v) is 8.36. The predicted octanol–water partition coefficient (Wildman–Crippen LogP) is 3.15. The lowest BCUT2D eigenvalue weighted by Crippen LogP contribution is -2.09. The Balaban J connectivity index is 2.23. The normalized spacial score (nSPS) is 11.4. The number of benzene rings is 2. The highest BCUT2D eigenvalue weighted by atomic mass is 79.9. The van der Waals surface area contributed by atoms with Crippen molar-refractivity contribution in [2.45, 2.75) is 11.5 Å². The SMILES string of the molecule is Nc1cccc(Br)c1CS(=O)(=O)Cc1ccccc1. The molecule has 0 radical (unpaired) electrons. The molecule has 2 rings (SSSR count). The standard InChI is InChI=1S/C14H14BrNO2S/c15-13-7-4-8-14(16)12(13)10-19(17,18)9-11-5-2-1-3-6-11/h1-8H,9-10,16H2. The number of hydrogen-bond donors (Lipinski definition) is 1. The number of hydrogen-bond acceptors (Lipinski definition) is 3. The molecule has 2 N–H and O–H groups in total. The van der Waals surface area contributed by atoms with Crippen molar-refractivity contribution < 1.29 is 8.42 Å². The van der Waals surface area contributed by atoms with E-state index in [1.807, 2.05) is 18.2 Å². The highest BCUT2D eigenvalue weighted by Gasteiger charge is 2.16. The monoisotopic (exact) mass is 339 g/mol. The van der Waals surface area contributed by atoms with Crippen molar-refractivity contribution in [3.8, 4) is 0 Å². The van der Waals surface area contributed by atoms with Crippen LogP contribution in [0.25, 0.3) is 0 Å². The number of nitrogens with two attached hydrogens (primary N) is 1. The first-order valence-electron chi connectivity index (χ1n) is 5.75. The van der Waals surface area contributed by atoms with Crippen LogP contribution in [-0.4, -0.2) is 8.42 Å². The summed E-state index contributed by atoms with van der Waals surface area (Å²) in [5, 5.41) is 0. The molecule has 5 heteroatoms. The van der Waals surface area contributed by atoms with Gasteiger partial charge in [-0.15, -0.1) is 0 Å². The van der Waals surface area contributed by atoms with Crippen molar-refractivity contribution >= 4 is 31.5 Å². The first-order chi connectivity index (χ1) is 8.98. The van der Waals surface area contributed by atoms with Crippen molar-refractivity contribution in [3.63, 3.8) is 0 Å². The molecule has 0 aromatic heterocycles. The lowest BCUT2D eigenvalue weighted by molar-refractivity contribution is 0.594. The minimum Gasteiger partial charge on any atom is -0.398 e. The highest BCUT2D eigenvalue weighted by molar-refractivity contribution is 9.10. The largest absolute Gasteiger partial charge is 0.398 e. The fourth-order valence-corrected chi connectivity index (χ4v) is 4.10. The zero-order valence-corrected chi connectivity index (χ0v) is 12.6. The van der Waals surface area contributed by atoms with E-state index in [-0.39, 0.29) is 11.5 Å². The van der Waals surface area contributed by atoms with Crippen LogP contribution in [0.15, 0.2) is 53.0 Å². The number of sulfone groups is 1. The molecule has 2 aromatic rings. The maximum atomic E-state index is 12.2. The van der Waals surface area contributed by atoms with Gasteiger partial charge in [0.25, 0.3) is 0 Å². The minimum absolute atomic E-state index is 0.0224. The maximum Gasteiger partial charge on any atom is 0.158 e. The summed E-state index contributed by atoms with van der Waals surface area (Å²) in [6.45, 7) is 0. The molecule has 0 aliphatic heterocycles. The van der Waals surface area contributed by atoms with Gasteiger partial charge in [-0.05, 0) is 17.7 Å². The Hall–Kier alpha value is -1.33. The Morgan fingerprint density at radius 2 is 1.63 bits per heavy atom. The molecule has 19 heavy (non-hydrogen) atoms. The van der Waals surface area contributed by atoms with E-state index in [4.69, 9.17) is 5.73 Å². The molecule has 100 valence electrons. The Morgan fingerprint density at radius 1 is 0.947 bits per heavy atom. The molecule has 0 saturated carbocycles. The molecule has 0 saturated heterocycles. The molecular formula is C14H14BrNO2S. The van der Waals surface area contributed by atoms with Gasteiger partial charge in [0.15, 0.2) is 9.84 Å². The highest BCUT2D eigenvalue weighted by Crippen LogP contribution is 2.25. The van der Waals surface area contributed by atoms with Crippen molar-refractivity contribution in [2.75, 3.05) is 5.73 Å². The van der Waals surface area contributed by atoms with Crippen molar-refractivity contribution in [1.29, 1.82) is 0 Å². The van der Waals surface area contributed by atoms with Crippen LogP contribution in [0.5, 0.6) is 0 Å². The van der Waals surface area contributed by atoms with Gasteiger partial charge >= 0.3 is 0 Å². The molecule has 0 fully saturated rings. The third-order valence-electron chi connectivity index (χ3n) is 2.75. The fraction of sp³-hybridized carbons (Fsp3) is 0.143. The second kappa shape index (κ2) is 5.75. The second-order valence-corrected chi connectivity index (χ2v) is 7.24. The molecule has 0 heterocycles. The molecule has 0 bridgehead atoms. The molecule has 3 nitrogen and oxygen atoms in total. The van der Waals surface area contributed by atoms with Crippen LogP contribution in [0.2, 0.25) is 0 Å². The van der Waals surface area contributed by atoms with Crippen LogP contribution in [0.1, 0.15) is 11.1 Å². The van der Waals surface area contributed by atoms with E-state index in [0.29, 0.717) is 11.3 Å². The Bertz CT molecular complexity index is 649. The van der Waals surface area contributed by atoms with Crippen molar-refractivity contribution in [2.24, 2.45) is 0 Å². The lowest BCUT2D eigenvalue weighted by Gasteiger charge is -2.09. The van der Waals surface area contributed by atoms with Crippen LogP contribution in [0.4, 0.5) is 5.69 Å². The van der Waals surface area contributed by atoms with E-state index >= 15 is 0 Å². The molecule has 0 amide bonds. The van der Waals surface area contributed by atoms with Gasteiger partial charge in [0.2, 0.25) is 0 Å². The summed E-state index contributed by atoms with van der Waals surface area (Å²) in [7, 11) is -3.24. The summed E-state index contributed by atoms with van der Waals surface area (Å²) >= 11 is 3.34. The van der Waals surface area contributed by atoms with Gasteiger partial charge < -0.3 is 5.73 Å². The van der Waals surface area contributed by atoms with Gasteiger partial charge in [-0.25, -0.2) is 8.42 Å². The quantitative estimate of drug-likeness (QED) is 0.870. The summed E-state index contributed by atoms with van der Waals surface area (Å²) in [5.41, 5.74) is 7.73. The van der Waals surface area contributed by atoms with E-state index in [1.165, 1.54) is 0 Å². The van der Waals surface area contributed by atoms with Gasteiger partial charge in [-0.3, -0.25) is 0 Å². The Labute approximate surface area is 121 Å². The topological polar surface area (TPSA) is 60.2 Å². The first kappa shape index (κ1) is 14.1. The van der Waals surface area contributed by atoms with Gasteiger partial charge in [0, 0.05) is 15.7 Å². The fourth-order valence-electron chi connectivity index (χ4n) is 1.83. The van der Waals surface area contributed by atoms with Crippen LogP contribution in [-0.2, 0) is 21.3 Å². The Kier molecular flexibility index (Phi) is 4.27. The summed E-state index contributed by atoms with van der Waals surface area (Å²) < 4.78 is 25.1. The summed E-state index contributed by atoms with van der Waals surface area (Å²) in [6.07, 6.45) is 0. The molecular weight excluding hydrogens is 326 g/mol. The second-order valence-electron chi connectivity index (χ2n) is 4.33. The van der Waals surface area contributed by atoms with Crippen LogP contribution < -0.4 is 5.73 Å². The number of rotatable bonds is 4. The van der Waals surface area contributed by atoms with Crippen LogP contribution >= 0.6 is 15.9 Å². The van der Waals surface area contributed by atoms with Gasteiger partial charge in [0.1, 0.15) is 0 Å². The molecule has 0 spiro atoms. The van der Waals surface area contributed by atoms with Crippen molar-refractivity contribution in [3.05, 3.63) is 64.1 Å². The van der Waals surface area contributed by atoms with Gasteiger partial charge in [-0.1, -0.05) is 52.3 Å². The molecule has 0 unspecified atom stereocenters. The minimum atomic E-state index is -3.24. The number of anilines is 1. The van der Waals surface area contributed by atoms with E-state index in [2.05, 4.69) is 15.9 Å². The summed E-state index contributed by atoms with van der Waals surface area (Å²) in [4.78, 5) is 0. The summed E-state index contributed by atoms with van der Waals surface area (Å²) in [6, 6.07) is 14.4. The molecule has 0 aliphatic carbocycles. The van der Waals surface area contributed by atoms with E-state index in [9.17, 15) is 8.42 Å². The summed E-state index contributed by atoms with van der Waals surface area (Å²) in [5.74, 6) is -0.0379. The van der Waals surface area contributed by atoms with Crippen molar-refractivity contribution in [1.82, 2.24) is 0 Å².